The SMILES string of the molecule is CC1CN(Cc2ccccc2C(F)(F)F)C(C)CO1. The number of morpholine rings is 1. The minimum absolute atomic E-state index is 0.0641. The number of alkyl halides is 3. The van der Waals surface area contributed by atoms with Crippen LogP contribution < -0.4 is 0 Å². The van der Waals surface area contributed by atoms with E-state index in [4.69, 9.17) is 4.74 Å². The first-order valence-corrected chi connectivity index (χ1v) is 6.38. The van der Waals surface area contributed by atoms with Gasteiger partial charge >= 0.3 is 6.18 Å². The van der Waals surface area contributed by atoms with Gasteiger partial charge in [-0.1, -0.05) is 18.2 Å². The summed E-state index contributed by atoms with van der Waals surface area (Å²) in [5.74, 6) is 0. The van der Waals surface area contributed by atoms with Crippen LogP contribution in [0.4, 0.5) is 13.2 Å². The summed E-state index contributed by atoms with van der Waals surface area (Å²) in [7, 11) is 0. The third-order valence-corrected chi connectivity index (χ3v) is 3.43. The van der Waals surface area contributed by atoms with Crippen LogP contribution in [0.3, 0.4) is 0 Å². The first-order valence-electron chi connectivity index (χ1n) is 6.38. The molecule has 2 unspecified atom stereocenters. The van der Waals surface area contributed by atoms with Gasteiger partial charge in [0, 0.05) is 19.1 Å². The van der Waals surface area contributed by atoms with Crippen LogP contribution in [0, 0.1) is 0 Å². The zero-order chi connectivity index (χ0) is 14.0. The second-order valence-corrected chi connectivity index (χ2v) is 5.08. The van der Waals surface area contributed by atoms with Crippen molar-refractivity contribution in [3.05, 3.63) is 35.4 Å². The van der Waals surface area contributed by atoms with Crippen molar-refractivity contribution in [1.29, 1.82) is 0 Å². The number of ether oxygens (including phenoxy) is 1. The molecule has 5 heteroatoms. The third kappa shape index (κ3) is 3.48. The Balaban J connectivity index is 2.19. The molecule has 0 radical (unpaired) electrons. The van der Waals surface area contributed by atoms with Crippen molar-refractivity contribution in [2.24, 2.45) is 0 Å². The minimum Gasteiger partial charge on any atom is -0.376 e. The molecule has 106 valence electrons. The molecule has 1 saturated heterocycles. The summed E-state index contributed by atoms with van der Waals surface area (Å²) in [6.45, 7) is 5.45. The van der Waals surface area contributed by atoms with Gasteiger partial charge in [-0.15, -0.1) is 0 Å². The number of halogens is 3. The predicted octanol–water partition coefficient (Wildman–Crippen LogP) is 3.31. The maximum absolute atomic E-state index is 12.9. The first kappa shape index (κ1) is 14.3. The quantitative estimate of drug-likeness (QED) is 0.819. The number of nitrogens with zero attached hydrogens (tertiary/aromatic N) is 1. The van der Waals surface area contributed by atoms with Gasteiger partial charge in [-0.25, -0.2) is 0 Å². The summed E-state index contributed by atoms with van der Waals surface area (Å²) < 4.78 is 44.3. The molecule has 1 aromatic carbocycles. The van der Waals surface area contributed by atoms with E-state index in [1.807, 2.05) is 18.7 Å². The lowest BCUT2D eigenvalue weighted by Gasteiger charge is -2.37. The fourth-order valence-corrected chi connectivity index (χ4v) is 2.35. The topological polar surface area (TPSA) is 12.5 Å². The fourth-order valence-electron chi connectivity index (χ4n) is 2.35. The normalized spacial score (nSPS) is 25.5. The number of benzene rings is 1. The molecule has 2 atom stereocenters. The van der Waals surface area contributed by atoms with Crippen LogP contribution in [0.2, 0.25) is 0 Å². The summed E-state index contributed by atoms with van der Waals surface area (Å²) in [4.78, 5) is 2.04. The van der Waals surface area contributed by atoms with Crippen molar-refractivity contribution >= 4 is 0 Å². The van der Waals surface area contributed by atoms with Gasteiger partial charge in [0.15, 0.2) is 0 Å². The van der Waals surface area contributed by atoms with Gasteiger partial charge in [0.05, 0.1) is 18.3 Å². The summed E-state index contributed by atoms with van der Waals surface area (Å²) in [6, 6.07) is 5.91. The Morgan fingerprint density at radius 2 is 1.95 bits per heavy atom. The van der Waals surface area contributed by atoms with E-state index < -0.39 is 11.7 Å². The number of hydrogen-bond acceptors (Lipinski definition) is 2. The molecule has 0 amide bonds. The lowest BCUT2D eigenvalue weighted by Crippen LogP contribution is -2.46. The molecule has 1 aromatic rings. The lowest BCUT2D eigenvalue weighted by atomic mass is 10.1. The van der Waals surface area contributed by atoms with Crippen molar-refractivity contribution < 1.29 is 17.9 Å². The Hall–Kier alpha value is -1.07. The van der Waals surface area contributed by atoms with E-state index in [0.29, 0.717) is 25.3 Å². The smallest absolute Gasteiger partial charge is 0.376 e. The zero-order valence-corrected chi connectivity index (χ0v) is 11.1. The zero-order valence-electron chi connectivity index (χ0n) is 11.1. The minimum atomic E-state index is -4.29. The Morgan fingerprint density at radius 3 is 2.63 bits per heavy atom. The lowest BCUT2D eigenvalue weighted by molar-refractivity contribution is -0.138. The molecular weight excluding hydrogens is 255 g/mol. The summed E-state index contributed by atoms with van der Waals surface area (Å²) in [5, 5.41) is 0. The Kier molecular flexibility index (Phi) is 4.16. The average molecular weight is 273 g/mol. The van der Waals surface area contributed by atoms with Gasteiger partial charge in [-0.05, 0) is 25.5 Å². The maximum atomic E-state index is 12.9. The standard InChI is InChI=1S/C14H18F3NO/c1-10-9-19-11(2)7-18(10)8-12-5-3-4-6-13(12)14(15,16)17/h3-6,10-11H,7-9H2,1-2H3. The molecule has 1 heterocycles. The molecule has 1 aliphatic rings. The first-order chi connectivity index (χ1) is 8.88. The van der Waals surface area contributed by atoms with Gasteiger partial charge in [0.25, 0.3) is 0 Å². The second-order valence-electron chi connectivity index (χ2n) is 5.08. The Morgan fingerprint density at radius 1 is 1.26 bits per heavy atom. The van der Waals surface area contributed by atoms with Gasteiger partial charge in [0.1, 0.15) is 0 Å². The fraction of sp³-hybridized carbons (Fsp3) is 0.571. The molecule has 0 aliphatic carbocycles. The van der Waals surface area contributed by atoms with E-state index in [0.717, 1.165) is 6.07 Å². The molecule has 0 N–H and O–H groups in total. The van der Waals surface area contributed by atoms with Crippen LogP contribution in [0.5, 0.6) is 0 Å². The molecule has 0 bridgehead atoms. The van der Waals surface area contributed by atoms with Crippen LogP contribution in [0.1, 0.15) is 25.0 Å². The van der Waals surface area contributed by atoms with E-state index in [9.17, 15) is 13.2 Å². The second kappa shape index (κ2) is 5.51. The van der Waals surface area contributed by atoms with Crippen LogP contribution in [-0.2, 0) is 17.5 Å². The van der Waals surface area contributed by atoms with E-state index in [1.54, 1.807) is 12.1 Å². The van der Waals surface area contributed by atoms with Gasteiger partial charge in [-0.3, -0.25) is 4.90 Å². The molecule has 19 heavy (non-hydrogen) atoms. The summed E-state index contributed by atoms with van der Waals surface area (Å²) >= 11 is 0. The summed E-state index contributed by atoms with van der Waals surface area (Å²) in [5.41, 5.74) is -0.211. The van der Waals surface area contributed by atoms with Crippen LogP contribution >= 0.6 is 0 Å². The average Bonchev–Trinajstić information content (AvgIpc) is 2.33. The van der Waals surface area contributed by atoms with Crippen molar-refractivity contribution in [3.63, 3.8) is 0 Å². The van der Waals surface area contributed by atoms with Gasteiger partial charge in [0.2, 0.25) is 0 Å². The van der Waals surface area contributed by atoms with Crippen LogP contribution in [-0.4, -0.2) is 30.2 Å². The summed E-state index contributed by atoms with van der Waals surface area (Å²) in [6.07, 6.45) is -4.23. The van der Waals surface area contributed by atoms with E-state index in [1.165, 1.54) is 6.07 Å². The van der Waals surface area contributed by atoms with Crippen LogP contribution in [0.15, 0.2) is 24.3 Å². The Bertz CT molecular complexity index is 433. The highest BCUT2D eigenvalue weighted by Gasteiger charge is 2.34. The van der Waals surface area contributed by atoms with Crippen molar-refractivity contribution in [3.8, 4) is 0 Å². The molecule has 1 fully saturated rings. The highest BCUT2D eigenvalue weighted by atomic mass is 19.4. The van der Waals surface area contributed by atoms with Crippen molar-refractivity contribution in [2.45, 2.75) is 38.7 Å². The van der Waals surface area contributed by atoms with Crippen molar-refractivity contribution in [1.82, 2.24) is 4.90 Å². The molecular formula is C14H18F3NO. The highest BCUT2D eigenvalue weighted by Crippen LogP contribution is 2.32. The molecule has 2 rings (SSSR count). The Labute approximate surface area is 111 Å². The molecule has 0 saturated carbocycles. The maximum Gasteiger partial charge on any atom is 0.416 e. The van der Waals surface area contributed by atoms with Gasteiger partial charge < -0.3 is 4.74 Å². The van der Waals surface area contributed by atoms with E-state index in [2.05, 4.69) is 0 Å². The predicted molar refractivity (Wildman–Crippen MR) is 66.7 cm³/mol. The molecule has 0 spiro atoms. The highest BCUT2D eigenvalue weighted by molar-refractivity contribution is 5.29. The number of hydrogen-bond donors (Lipinski definition) is 0. The van der Waals surface area contributed by atoms with Crippen molar-refractivity contribution in [2.75, 3.05) is 13.2 Å². The van der Waals surface area contributed by atoms with E-state index in [-0.39, 0.29) is 12.1 Å². The third-order valence-electron chi connectivity index (χ3n) is 3.43. The molecule has 0 aromatic heterocycles. The molecule has 1 aliphatic heterocycles. The number of rotatable bonds is 2. The molecule has 2 nitrogen and oxygen atoms in total. The van der Waals surface area contributed by atoms with Crippen LogP contribution in [0.25, 0.3) is 0 Å². The van der Waals surface area contributed by atoms with E-state index >= 15 is 0 Å². The van der Waals surface area contributed by atoms with Gasteiger partial charge in [-0.2, -0.15) is 13.2 Å². The largest absolute Gasteiger partial charge is 0.416 e. The monoisotopic (exact) mass is 273 g/mol.